The molecule has 4 rings (SSSR count). The number of benzene rings is 2. The van der Waals surface area contributed by atoms with Gasteiger partial charge in [0.25, 0.3) is 0 Å². The number of nitrogens with zero attached hydrogens (tertiary/aromatic N) is 2. The highest BCUT2D eigenvalue weighted by Gasteiger charge is 2.53. The summed E-state index contributed by atoms with van der Waals surface area (Å²) in [5, 5.41) is 13.0. The van der Waals surface area contributed by atoms with Gasteiger partial charge in [-0.1, -0.05) is 43.3 Å². The number of amides is 2. The molecular weight excluding hydrogens is 357 g/mol. The summed E-state index contributed by atoms with van der Waals surface area (Å²) in [6.07, 6.45) is 0.874. The second-order valence-electron chi connectivity index (χ2n) is 7.51. The number of likely N-dealkylation sites (tertiary alicyclic amines) is 1. The van der Waals surface area contributed by atoms with Gasteiger partial charge in [0.2, 0.25) is 0 Å². The van der Waals surface area contributed by atoms with Crippen LogP contribution in [0.4, 0.5) is 14.9 Å². The summed E-state index contributed by atoms with van der Waals surface area (Å²) >= 11 is 0. The van der Waals surface area contributed by atoms with Crippen LogP contribution in [0.3, 0.4) is 0 Å². The monoisotopic (exact) mass is 383 g/mol. The molecule has 1 fully saturated rings. The van der Waals surface area contributed by atoms with Gasteiger partial charge in [0, 0.05) is 48.9 Å². The number of carbonyl (C=O) groups excluding carboxylic acids is 1. The van der Waals surface area contributed by atoms with Crippen molar-refractivity contribution in [1.82, 2.24) is 10.2 Å². The zero-order valence-electron chi connectivity index (χ0n) is 16.0. The smallest absolute Gasteiger partial charge is 0.321 e. The summed E-state index contributed by atoms with van der Waals surface area (Å²) in [4.78, 5) is 16.7. The normalized spacial score (nSPS) is 23.5. The van der Waals surface area contributed by atoms with Crippen LogP contribution in [0.2, 0.25) is 0 Å². The second-order valence-corrected chi connectivity index (χ2v) is 7.51. The molecule has 2 amide bonds. The van der Waals surface area contributed by atoms with E-state index in [2.05, 4.69) is 10.2 Å². The Morgan fingerprint density at radius 1 is 1.21 bits per heavy atom. The van der Waals surface area contributed by atoms with E-state index in [0.29, 0.717) is 25.2 Å². The molecular formula is C22H26FN3O2. The number of anilines is 1. The first kappa shape index (κ1) is 18.9. The second kappa shape index (κ2) is 7.89. The Labute approximate surface area is 164 Å². The number of hydrogen-bond acceptors (Lipinski definition) is 3. The van der Waals surface area contributed by atoms with Crippen LogP contribution in [0, 0.1) is 5.82 Å². The van der Waals surface area contributed by atoms with Crippen molar-refractivity contribution >= 4 is 11.7 Å². The van der Waals surface area contributed by atoms with Crippen LogP contribution in [-0.4, -0.2) is 47.8 Å². The zero-order valence-corrected chi connectivity index (χ0v) is 16.0. The molecule has 2 aromatic carbocycles. The van der Waals surface area contributed by atoms with E-state index in [1.807, 2.05) is 37.3 Å². The molecule has 0 unspecified atom stereocenters. The number of aliphatic hydroxyl groups is 1. The highest BCUT2D eigenvalue weighted by Crippen LogP contribution is 2.48. The fourth-order valence-corrected chi connectivity index (χ4v) is 4.54. The molecule has 2 aliphatic rings. The number of urea groups is 1. The van der Waals surface area contributed by atoms with Crippen molar-refractivity contribution in [2.75, 3.05) is 24.6 Å². The summed E-state index contributed by atoms with van der Waals surface area (Å²) in [5.41, 5.74) is 2.59. The summed E-state index contributed by atoms with van der Waals surface area (Å²) < 4.78 is 14.2. The van der Waals surface area contributed by atoms with E-state index in [4.69, 9.17) is 0 Å². The Balaban J connectivity index is 1.63. The predicted octanol–water partition coefficient (Wildman–Crippen LogP) is 3.09. The molecule has 2 aromatic rings. The number of halogens is 1. The number of carbonyl (C=O) groups is 1. The van der Waals surface area contributed by atoms with Gasteiger partial charge >= 0.3 is 6.03 Å². The molecule has 148 valence electrons. The predicted molar refractivity (Wildman–Crippen MR) is 107 cm³/mol. The molecule has 6 heteroatoms. The fraction of sp³-hybridized carbons (Fsp3) is 0.409. The molecule has 5 nitrogen and oxygen atoms in total. The van der Waals surface area contributed by atoms with Crippen LogP contribution in [0.1, 0.15) is 30.4 Å². The molecule has 0 bridgehead atoms. The molecule has 0 radical (unpaired) electrons. The van der Waals surface area contributed by atoms with Gasteiger partial charge in [-0.05, 0) is 24.1 Å². The minimum absolute atomic E-state index is 0.00594. The first-order valence-electron chi connectivity index (χ1n) is 9.90. The van der Waals surface area contributed by atoms with Crippen molar-refractivity contribution in [2.24, 2.45) is 0 Å². The van der Waals surface area contributed by atoms with Gasteiger partial charge in [-0.3, -0.25) is 9.80 Å². The molecule has 2 heterocycles. The Morgan fingerprint density at radius 2 is 1.96 bits per heavy atom. The van der Waals surface area contributed by atoms with Gasteiger partial charge in [0.15, 0.2) is 0 Å². The summed E-state index contributed by atoms with van der Waals surface area (Å²) in [7, 11) is 0. The minimum atomic E-state index is -0.239. The molecule has 0 aliphatic carbocycles. The van der Waals surface area contributed by atoms with Crippen molar-refractivity contribution in [3.63, 3.8) is 0 Å². The Hall–Kier alpha value is -2.44. The van der Waals surface area contributed by atoms with E-state index in [0.717, 1.165) is 17.7 Å². The Kier molecular flexibility index (Phi) is 5.33. The van der Waals surface area contributed by atoms with E-state index in [1.54, 1.807) is 17.0 Å². The Morgan fingerprint density at radius 3 is 2.71 bits per heavy atom. The Bertz CT molecular complexity index is 859. The quantitative estimate of drug-likeness (QED) is 0.834. The van der Waals surface area contributed by atoms with Crippen LogP contribution >= 0.6 is 0 Å². The van der Waals surface area contributed by atoms with Crippen LogP contribution in [0.15, 0.2) is 48.5 Å². The summed E-state index contributed by atoms with van der Waals surface area (Å²) in [5.74, 6) is -0.0976. The van der Waals surface area contributed by atoms with Crippen LogP contribution in [0.5, 0.6) is 0 Å². The summed E-state index contributed by atoms with van der Waals surface area (Å²) in [6, 6.07) is 14.5. The molecule has 28 heavy (non-hydrogen) atoms. The van der Waals surface area contributed by atoms with Crippen molar-refractivity contribution in [3.8, 4) is 0 Å². The van der Waals surface area contributed by atoms with Gasteiger partial charge in [-0.15, -0.1) is 0 Å². The third-order valence-corrected chi connectivity index (χ3v) is 5.91. The van der Waals surface area contributed by atoms with E-state index in [9.17, 15) is 14.3 Å². The number of aliphatic hydroxyl groups excluding tert-OH is 1. The van der Waals surface area contributed by atoms with Gasteiger partial charge in [-0.25, -0.2) is 9.18 Å². The standard InChI is InChI=1S/C22H26FN3O2/c1-2-11-24-22(28)26-13-19-21(16-8-4-6-10-18(16)26)20(14-27)25(19)12-15-7-3-5-9-17(15)23/h3-10,19-21,27H,2,11-14H2,1H3,(H,24,28)/t19-,20+,21+/m0/s1. The highest BCUT2D eigenvalue weighted by molar-refractivity contribution is 5.94. The third kappa shape index (κ3) is 3.16. The molecule has 0 spiro atoms. The first-order valence-corrected chi connectivity index (χ1v) is 9.90. The maximum atomic E-state index is 14.2. The van der Waals surface area contributed by atoms with Gasteiger partial charge in [0.05, 0.1) is 6.61 Å². The van der Waals surface area contributed by atoms with E-state index in [1.165, 1.54) is 6.07 Å². The average Bonchev–Trinajstić information content (AvgIpc) is 2.71. The fourth-order valence-electron chi connectivity index (χ4n) is 4.54. The van der Waals surface area contributed by atoms with E-state index < -0.39 is 0 Å². The topological polar surface area (TPSA) is 55.8 Å². The minimum Gasteiger partial charge on any atom is -0.395 e. The number of rotatable bonds is 5. The molecule has 3 atom stereocenters. The lowest BCUT2D eigenvalue weighted by Gasteiger charge is -2.59. The molecule has 2 N–H and O–H groups in total. The molecule has 0 saturated carbocycles. The SMILES string of the molecule is CCCNC(=O)N1C[C@H]2[C@@H](c3ccccc31)[C@@H](CO)N2Cc1ccccc1F. The van der Waals surface area contributed by atoms with Crippen molar-refractivity contribution < 1.29 is 14.3 Å². The van der Waals surface area contributed by atoms with E-state index >= 15 is 0 Å². The lowest BCUT2D eigenvalue weighted by Crippen LogP contribution is -2.69. The summed E-state index contributed by atoms with van der Waals surface area (Å²) in [6.45, 7) is 3.61. The lowest BCUT2D eigenvalue weighted by atomic mass is 9.72. The van der Waals surface area contributed by atoms with Crippen LogP contribution in [-0.2, 0) is 6.54 Å². The van der Waals surface area contributed by atoms with Gasteiger partial charge in [-0.2, -0.15) is 0 Å². The maximum Gasteiger partial charge on any atom is 0.321 e. The van der Waals surface area contributed by atoms with Crippen LogP contribution in [0.25, 0.3) is 0 Å². The molecule has 1 saturated heterocycles. The number of fused-ring (bicyclic) bond motifs is 3. The zero-order chi connectivity index (χ0) is 19.7. The van der Waals surface area contributed by atoms with Gasteiger partial charge < -0.3 is 10.4 Å². The van der Waals surface area contributed by atoms with Crippen LogP contribution < -0.4 is 10.2 Å². The highest BCUT2D eigenvalue weighted by atomic mass is 19.1. The van der Waals surface area contributed by atoms with Gasteiger partial charge in [0.1, 0.15) is 5.82 Å². The number of para-hydroxylation sites is 1. The largest absolute Gasteiger partial charge is 0.395 e. The lowest BCUT2D eigenvalue weighted by molar-refractivity contribution is -0.0491. The third-order valence-electron chi connectivity index (χ3n) is 5.91. The van der Waals surface area contributed by atoms with Crippen molar-refractivity contribution in [1.29, 1.82) is 0 Å². The van der Waals surface area contributed by atoms with Crippen molar-refractivity contribution in [3.05, 3.63) is 65.5 Å². The van der Waals surface area contributed by atoms with Crippen molar-refractivity contribution in [2.45, 2.75) is 37.9 Å². The van der Waals surface area contributed by atoms with E-state index in [-0.39, 0.29) is 36.5 Å². The average molecular weight is 383 g/mol. The number of nitrogens with one attached hydrogen (secondary N) is 1. The molecule has 0 aromatic heterocycles. The number of hydrogen-bond donors (Lipinski definition) is 2. The first-order chi connectivity index (χ1) is 13.7. The molecule has 2 aliphatic heterocycles. The maximum absolute atomic E-state index is 14.2.